The van der Waals surface area contributed by atoms with Crippen molar-refractivity contribution in [3.63, 3.8) is 0 Å². The van der Waals surface area contributed by atoms with Crippen LogP contribution in [-0.4, -0.2) is 4.57 Å². The Morgan fingerprint density at radius 2 is 1.46 bits per heavy atom. The molecule has 128 valence electrons. The Balaban J connectivity index is 1.98. The molecule has 1 heteroatoms. The molecule has 5 rings (SSSR count). The molecule has 0 fully saturated rings. The van der Waals surface area contributed by atoms with Gasteiger partial charge in [0.1, 0.15) is 0 Å². The van der Waals surface area contributed by atoms with Gasteiger partial charge in [-0.15, -0.1) is 0 Å². The van der Waals surface area contributed by atoms with Crippen molar-refractivity contribution in [2.24, 2.45) is 0 Å². The number of rotatable bonds is 3. The third-order valence-corrected chi connectivity index (χ3v) is 5.63. The van der Waals surface area contributed by atoms with Crippen LogP contribution in [0.3, 0.4) is 0 Å². The molecular weight excluding hydrogens is 314 g/mol. The van der Waals surface area contributed by atoms with E-state index in [2.05, 4.69) is 85.1 Å². The lowest BCUT2D eigenvalue weighted by atomic mass is 9.98. The minimum atomic E-state index is 0.992. The molecule has 1 aromatic heterocycles. The predicted molar refractivity (Wildman–Crippen MR) is 114 cm³/mol. The first kappa shape index (κ1) is 15.5. The fourth-order valence-corrected chi connectivity index (χ4v) is 4.44. The van der Waals surface area contributed by atoms with Crippen LogP contribution in [0.4, 0.5) is 0 Å². The summed E-state index contributed by atoms with van der Waals surface area (Å²) >= 11 is 0. The van der Waals surface area contributed by atoms with Crippen LogP contribution in [0.25, 0.3) is 43.4 Å². The minimum absolute atomic E-state index is 0.992. The highest BCUT2D eigenvalue weighted by molar-refractivity contribution is 6.22. The highest BCUT2D eigenvalue weighted by Gasteiger charge is 2.13. The van der Waals surface area contributed by atoms with Crippen molar-refractivity contribution in [3.05, 3.63) is 72.3 Å². The van der Waals surface area contributed by atoms with E-state index in [1.807, 2.05) is 0 Å². The smallest absolute Gasteiger partial charge is 0.0497 e. The Kier molecular flexibility index (Phi) is 3.49. The number of aromatic nitrogens is 1. The Hall–Kier alpha value is -2.80. The molecule has 0 N–H and O–H groups in total. The molecule has 0 amide bonds. The van der Waals surface area contributed by atoms with Crippen LogP contribution in [0, 0.1) is 0 Å². The van der Waals surface area contributed by atoms with Crippen LogP contribution in [-0.2, 0) is 13.0 Å². The van der Waals surface area contributed by atoms with E-state index in [0.29, 0.717) is 0 Å². The Bertz CT molecular complexity index is 1270. The van der Waals surface area contributed by atoms with Gasteiger partial charge in [0, 0.05) is 28.4 Å². The summed E-state index contributed by atoms with van der Waals surface area (Å²) in [6, 6.07) is 25.0. The summed E-state index contributed by atoms with van der Waals surface area (Å²) in [6.45, 7) is 5.48. The number of hydrogen-bond acceptors (Lipinski definition) is 0. The molecule has 1 heterocycles. The molecule has 26 heavy (non-hydrogen) atoms. The Labute approximate surface area is 153 Å². The molecule has 0 aliphatic rings. The van der Waals surface area contributed by atoms with Gasteiger partial charge in [0.2, 0.25) is 0 Å². The van der Waals surface area contributed by atoms with Gasteiger partial charge in [0.15, 0.2) is 0 Å². The molecule has 0 spiro atoms. The molecule has 0 atom stereocenters. The van der Waals surface area contributed by atoms with Crippen LogP contribution >= 0.6 is 0 Å². The third-order valence-electron chi connectivity index (χ3n) is 5.63. The summed E-state index contributed by atoms with van der Waals surface area (Å²) in [5.74, 6) is 0. The van der Waals surface area contributed by atoms with E-state index >= 15 is 0 Å². The molecular formula is C25H23N. The first-order chi connectivity index (χ1) is 12.8. The Morgan fingerprint density at radius 1 is 0.692 bits per heavy atom. The van der Waals surface area contributed by atoms with Crippen LogP contribution < -0.4 is 0 Å². The molecule has 0 saturated carbocycles. The van der Waals surface area contributed by atoms with Crippen molar-refractivity contribution in [1.29, 1.82) is 0 Å². The van der Waals surface area contributed by atoms with Gasteiger partial charge in [-0.3, -0.25) is 0 Å². The number of fused-ring (bicyclic) bond motifs is 6. The van der Waals surface area contributed by atoms with Gasteiger partial charge in [0.25, 0.3) is 0 Å². The van der Waals surface area contributed by atoms with Gasteiger partial charge in [-0.1, -0.05) is 49.7 Å². The topological polar surface area (TPSA) is 4.93 Å². The van der Waals surface area contributed by atoms with Crippen molar-refractivity contribution in [2.45, 2.75) is 33.2 Å². The minimum Gasteiger partial charge on any atom is -0.341 e. The maximum Gasteiger partial charge on any atom is 0.0497 e. The van der Waals surface area contributed by atoms with E-state index < -0.39 is 0 Å². The molecule has 0 aliphatic heterocycles. The molecule has 0 saturated heterocycles. The Morgan fingerprint density at radius 3 is 2.23 bits per heavy atom. The fraction of sp³-hybridized carbons (Fsp3) is 0.200. The van der Waals surface area contributed by atoms with Gasteiger partial charge < -0.3 is 4.57 Å². The maximum absolute atomic E-state index is 2.45. The molecule has 0 unspecified atom stereocenters. The first-order valence-electron chi connectivity index (χ1n) is 9.66. The largest absolute Gasteiger partial charge is 0.341 e. The van der Waals surface area contributed by atoms with E-state index in [4.69, 9.17) is 0 Å². The SMILES string of the molecule is CCCc1ccc2c(c1)c1c3cc4ccccc4cc3ccc1n2CC. The summed E-state index contributed by atoms with van der Waals surface area (Å²) in [4.78, 5) is 0. The van der Waals surface area contributed by atoms with E-state index in [0.717, 1.165) is 13.0 Å². The summed E-state index contributed by atoms with van der Waals surface area (Å²) < 4.78 is 2.45. The molecule has 4 aromatic carbocycles. The summed E-state index contributed by atoms with van der Waals surface area (Å²) in [7, 11) is 0. The number of benzene rings is 4. The maximum atomic E-state index is 2.45. The quantitative estimate of drug-likeness (QED) is 0.310. The van der Waals surface area contributed by atoms with Gasteiger partial charge >= 0.3 is 0 Å². The van der Waals surface area contributed by atoms with Gasteiger partial charge in [-0.25, -0.2) is 0 Å². The zero-order chi connectivity index (χ0) is 17.7. The summed E-state index contributed by atoms with van der Waals surface area (Å²) in [5.41, 5.74) is 4.13. The first-order valence-corrected chi connectivity index (χ1v) is 9.66. The van der Waals surface area contributed by atoms with Crippen LogP contribution in [0.2, 0.25) is 0 Å². The second-order valence-corrected chi connectivity index (χ2v) is 7.23. The third kappa shape index (κ3) is 2.17. The van der Waals surface area contributed by atoms with Crippen LogP contribution in [0.5, 0.6) is 0 Å². The highest BCUT2D eigenvalue weighted by Crippen LogP contribution is 2.37. The van der Waals surface area contributed by atoms with E-state index in [1.54, 1.807) is 0 Å². The predicted octanol–water partition coefficient (Wildman–Crippen LogP) is 7.07. The van der Waals surface area contributed by atoms with Crippen molar-refractivity contribution >= 4 is 43.4 Å². The van der Waals surface area contributed by atoms with E-state index in [1.165, 1.54) is 55.3 Å². The lowest BCUT2D eigenvalue weighted by Crippen LogP contribution is -1.93. The van der Waals surface area contributed by atoms with Crippen molar-refractivity contribution < 1.29 is 0 Å². The van der Waals surface area contributed by atoms with Crippen LogP contribution in [0.15, 0.2) is 66.7 Å². The highest BCUT2D eigenvalue weighted by atomic mass is 15.0. The van der Waals surface area contributed by atoms with E-state index in [9.17, 15) is 0 Å². The van der Waals surface area contributed by atoms with Crippen LogP contribution in [0.1, 0.15) is 25.8 Å². The zero-order valence-electron chi connectivity index (χ0n) is 15.4. The average molecular weight is 337 g/mol. The number of hydrogen-bond donors (Lipinski definition) is 0. The number of aryl methyl sites for hydroxylation is 2. The molecule has 0 aliphatic carbocycles. The number of nitrogens with zero attached hydrogens (tertiary/aromatic N) is 1. The van der Waals surface area contributed by atoms with Gasteiger partial charge in [-0.05, 0) is 70.8 Å². The molecule has 0 bridgehead atoms. The van der Waals surface area contributed by atoms with Gasteiger partial charge in [0.05, 0.1) is 0 Å². The van der Waals surface area contributed by atoms with E-state index in [-0.39, 0.29) is 0 Å². The zero-order valence-corrected chi connectivity index (χ0v) is 15.4. The fourth-order valence-electron chi connectivity index (χ4n) is 4.44. The second-order valence-electron chi connectivity index (χ2n) is 7.23. The van der Waals surface area contributed by atoms with Crippen molar-refractivity contribution in [2.75, 3.05) is 0 Å². The average Bonchev–Trinajstić information content (AvgIpc) is 3.00. The standard InChI is InChI=1S/C25H23N/c1-3-7-17-10-12-23-22(14-17)25-21-16-19-9-6-5-8-18(19)15-20(21)11-13-24(25)26(23)4-2/h5-6,8-16H,3-4,7H2,1-2H3. The molecule has 1 nitrogen and oxygen atoms in total. The van der Waals surface area contributed by atoms with Crippen molar-refractivity contribution in [3.8, 4) is 0 Å². The summed E-state index contributed by atoms with van der Waals surface area (Å²) in [5, 5.41) is 8.12. The lowest BCUT2D eigenvalue weighted by Gasteiger charge is -2.06. The lowest BCUT2D eigenvalue weighted by molar-refractivity contribution is 0.827. The molecule has 5 aromatic rings. The monoisotopic (exact) mass is 337 g/mol. The van der Waals surface area contributed by atoms with Crippen molar-refractivity contribution in [1.82, 2.24) is 4.57 Å². The summed E-state index contributed by atoms with van der Waals surface area (Å²) in [6.07, 6.45) is 2.33. The van der Waals surface area contributed by atoms with Gasteiger partial charge in [-0.2, -0.15) is 0 Å². The molecule has 0 radical (unpaired) electrons. The normalized spacial score (nSPS) is 11.9. The second kappa shape index (κ2) is 5.88.